The first kappa shape index (κ1) is 18.8. The molecule has 2 aliphatic rings. The third kappa shape index (κ3) is 3.73. The van der Waals surface area contributed by atoms with Gasteiger partial charge in [0.2, 0.25) is 0 Å². The molecule has 4 rings (SSSR count). The zero-order valence-electron chi connectivity index (χ0n) is 15.0. The number of fused-ring (bicyclic) bond motifs is 1. The first-order chi connectivity index (χ1) is 12.2. The fraction of sp³-hybridized carbons (Fsp3) is 0.286. The Balaban J connectivity index is 0.00000196. The van der Waals surface area contributed by atoms with E-state index in [0.717, 1.165) is 24.2 Å². The van der Waals surface area contributed by atoms with Crippen LogP contribution < -0.4 is 28.7 Å². The Morgan fingerprint density at radius 3 is 2.38 bits per heavy atom. The van der Waals surface area contributed by atoms with E-state index in [1.807, 2.05) is 41.3 Å². The third-order valence-electron chi connectivity index (χ3n) is 5.04. The van der Waals surface area contributed by atoms with Crippen molar-refractivity contribution in [2.75, 3.05) is 19.6 Å². The van der Waals surface area contributed by atoms with Gasteiger partial charge in [-0.1, -0.05) is 48.5 Å². The molecule has 1 saturated heterocycles. The maximum absolute atomic E-state index is 10.8. The van der Waals surface area contributed by atoms with Crippen LogP contribution in [-0.2, 0) is 4.79 Å². The summed E-state index contributed by atoms with van der Waals surface area (Å²) in [4.78, 5) is 12.8. The predicted octanol–water partition coefficient (Wildman–Crippen LogP) is -0.901. The summed E-state index contributed by atoms with van der Waals surface area (Å²) >= 11 is 0. The Hall–Kier alpha value is -1.99. The summed E-state index contributed by atoms with van der Waals surface area (Å²) in [5, 5.41) is 10.8. The number of para-hydroxylation sites is 1. The molecule has 0 amide bonds. The normalized spacial score (nSPS) is 18.2. The molecular weight excluding hydrogens is 321 g/mol. The Morgan fingerprint density at radius 1 is 1.04 bits per heavy atom. The van der Waals surface area contributed by atoms with Gasteiger partial charge in [0.15, 0.2) is 0 Å². The number of carbonyl (C=O) groups is 1. The second-order valence-corrected chi connectivity index (χ2v) is 6.74. The average molecular weight is 341 g/mol. The molecule has 0 aliphatic carbocycles. The second-order valence-electron chi connectivity index (χ2n) is 6.74. The summed E-state index contributed by atoms with van der Waals surface area (Å²) in [6, 6.07) is 18.5. The molecule has 26 heavy (non-hydrogen) atoms. The smallest absolute Gasteiger partial charge is 0.549 e. The molecule has 0 atom stereocenters. The molecule has 2 heterocycles. The Bertz CT molecular complexity index is 811. The molecule has 0 saturated carbocycles. The summed E-state index contributed by atoms with van der Waals surface area (Å²) < 4.78 is 6.40. The van der Waals surface area contributed by atoms with Crippen LogP contribution in [0.25, 0.3) is 5.57 Å². The summed E-state index contributed by atoms with van der Waals surface area (Å²) in [5.41, 5.74) is 3.10. The van der Waals surface area contributed by atoms with Crippen molar-refractivity contribution in [2.24, 2.45) is 0 Å². The van der Waals surface area contributed by atoms with Crippen molar-refractivity contribution >= 4 is 11.5 Å². The fourth-order valence-corrected chi connectivity index (χ4v) is 3.74. The van der Waals surface area contributed by atoms with Crippen molar-refractivity contribution in [1.29, 1.82) is 0 Å². The van der Waals surface area contributed by atoms with Crippen LogP contribution in [0.2, 0.25) is 0 Å². The molecular formula is C21H20LiNO3. The molecule has 0 unspecified atom stereocenters. The Labute approximate surface area is 165 Å². The van der Waals surface area contributed by atoms with E-state index >= 15 is 0 Å². The topological polar surface area (TPSA) is 52.6 Å². The van der Waals surface area contributed by atoms with Gasteiger partial charge in [-0.2, -0.15) is 0 Å². The van der Waals surface area contributed by atoms with E-state index in [0.29, 0.717) is 13.1 Å². The number of rotatable bonds is 3. The number of nitrogens with zero attached hydrogens (tertiary/aromatic N) is 1. The maximum atomic E-state index is 10.8. The summed E-state index contributed by atoms with van der Waals surface area (Å²) in [6.07, 6.45) is 3.77. The number of piperidine rings is 1. The van der Waals surface area contributed by atoms with Crippen molar-refractivity contribution in [1.82, 2.24) is 4.90 Å². The van der Waals surface area contributed by atoms with Gasteiger partial charge in [-0.15, -0.1) is 0 Å². The van der Waals surface area contributed by atoms with Gasteiger partial charge in [-0.05, 0) is 23.3 Å². The van der Waals surface area contributed by atoms with E-state index in [-0.39, 0.29) is 31.0 Å². The van der Waals surface area contributed by atoms with Crippen LogP contribution >= 0.6 is 0 Å². The number of hydrogen-bond acceptors (Lipinski definition) is 4. The van der Waals surface area contributed by atoms with Gasteiger partial charge in [0, 0.05) is 38.0 Å². The number of carbonyl (C=O) groups excluding carboxylic acids is 1. The number of likely N-dealkylation sites (tertiary alicyclic amines) is 1. The maximum Gasteiger partial charge on any atom is 1.00 e. The van der Waals surface area contributed by atoms with Crippen molar-refractivity contribution < 1.29 is 33.5 Å². The minimum atomic E-state index is -1.02. The molecule has 1 spiro atoms. The third-order valence-corrected chi connectivity index (χ3v) is 5.04. The van der Waals surface area contributed by atoms with E-state index in [9.17, 15) is 9.90 Å². The van der Waals surface area contributed by atoms with Crippen LogP contribution in [0.4, 0.5) is 0 Å². The zero-order chi connectivity index (χ0) is 17.3. The molecule has 0 N–H and O–H groups in total. The Morgan fingerprint density at radius 2 is 1.69 bits per heavy atom. The van der Waals surface area contributed by atoms with Gasteiger partial charge in [-0.25, -0.2) is 0 Å². The minimum Gasteiger partial charge on any atom is -0.549 e. The van der Waals surface area contributed by atoms with Gasteiger partial charge in [-0.3, -0.25) is 4.90 Å². The quantitative estimate of drug-likeness (QED) is 0.679. The van der Waals surface area contributed by atoms with Gasteiger partial charge < -0.3 is 14.6 Å². The van der Waals surface area contributed by atoms with Crippen molar-refractivity contribution in [3.63, 3.8) is 0 Å². The van der Waals surface area contributed by atoms with Crippen molar-refractivity contribution in [3.8, 4) is 5.75 Å². The number of hydrogen-bond donors (Lipinski definition) is 0. The Kier molecular flexibility index (Phi) is 5.57. The standard InChI is InChI=1S/C21H21NO3.Li/c23-20(24)15-22-12-10-21(11-13-22)14-18(16-6-2-1-3-7-16)17-8-4-5-9-19(17)25-21;/h1-9,14H,10-13,15H2,(H,23,24);/q;+1/p-1. The molecule has 2 aliphatic heterocycles. The van der Waals surface area contributed by atoms with Gasteiger partial charge in [0.1, 0.15) is 11.4 Å². The molecule has 1 fully saturated rings. The van der Waals surface area contributed by atoms with Crippen LogP contribution in [0.3, 0.4) is 0 Å². The predicted molar refractivity (Wildman–Crippen MR) is 94.0 cm³/mol. The zero-order valence-corrected chi connectivity index (χ0v) is 15.0. The molecule has 2 aromatic carbocycles. The van der Waals surface area contributed by atoms with Crippen LogP contribution in [0.1, 0.15) is 24.0 Å². The van der Waals surface area contributed by atoms with Crippen LogP contribution in [0.5, 0.6) is 5.75 Å². The van der Waals surface area contributed by atoms with Crippen molar-refractivity contribution in [2.45, 2.75) is 18.4 Å². The molecule has 2 aromatic rings. The van der Waals surface area contributed by atoms with Crippen LogP contribution in [-0.4, -0.2) is 36.1 Å². The van der Waals surface area contributed by atoms with Gasteiger partial charge in [0.25, 0.3) is 0 Å². The summed E-state index contributed by atoms with van der Waals surface area (Å²) in [7, 11) is 0. The summed E-state index contributed by atoms with van der Waals surface area (Å²) in [5.74, 6) is -0.122. The van der Waals surface area contributed by atoms with E-state index in [4.69, 9.17) is 4.74 Å². The van der Waals surface area contributed by atoms with E-state index < -0.39 is 5.97 Å². The number of carboxylic acids is 1. The minimum absolute atomic E-state index is 0. The van der Waals surface area contributed by atoms with Crippen LogP contribution in [0.15, 0.2) is 60.7 Å². The molecule has 4 nitrogen and oxygen atoms in total. The van der Waals surface area contributed by atoms with Gasteiger partial charge >= 0.3 is 18.9 Å². The average Bonchev–Trinajstić information content (AvgIpc) is 2.64. The molecule has 0 bridgehead atoms. The number of aliphatic carboxylic acids is 1. The van der Waals surface area contributed by atoms with E-state index in [1.54, 1.807) is 0 Å². The first-order valence-electron chi connectivity index (χ1n) is 8.64. The van der Waals surface area contributed by atoms with Crippen LogP contribution in [0, 0.1) is 0 Å². The molecule has 5 heteroatoms. The molecule has 0 aromatic heterocycles. The number of benzene rings is 2. The van der Waals surface area contributed by atoms with Crippen molar-refractivity contribution in [3.05, 3.63) is 71.8 Å². The SMILES string of the molecule is O=C([O-])CN1CCC2(C=C(c3ccccc3)c3ccccc3O2)CC1.[Li+]. The largest absolute Gasteiger partial charge is 1.00 e. The molecule has 128 valence electrons. The van der Waals surface area contributed by atoms with Gasteiger partial charge in [0.05, 0.1) is 5.97 Å². The number of carboxylic acid groups (broad SMARTS) is 1. The summed E-state index contributed by atoms with van der Waals surface area (Å²) in [6.45, 7) is 1.37. The number of ether oxygens (including phenoxy) is 1. The first-order valence-corrected chi connectivity index (χ1v) is 8.64. The van der Waals surface area contributed by atoms with E-state index in [1.165, 1.54) is 11.1 Å². The monoisotopic (exact) mass is 341 g/mol. The second kappa shape index (κ2) is 7.71. The van der Waals surface area contributed by atoms with E-state index in [2.05, 4.69) is 24.3 Å². The molecule has 0 radical (unpaired) electrons. The fourth-order valence-electron chi connectivity index (χ4n) is 3.74.